The molecule has 1 saturated carbocycles. The standard InChI is InChI=1S/C15H21BrO2/c1-14(2)6-7-15(17,10-14)9-11-8-12(18-3)4-5-13(11)16/h4-5,8,17H,6-7,9-10H2,1-3H3. The molecule has 0 radical (unpaired) electrons. The van der Waals surface area contributed by atoms with Gasteiger partial charge in [0.25, 0.3) is 0 Å². The first-order chi connectivity index (χ1) is 8.34. The Balaban J connectivity index is 2.19. The van der Waals surface area contributed by atoms with Gasteiger partial charge in [-0.3, -0.25) is 0 Å². The van der Waals surface area contributed by atoms with Crippen molar-refractivity contribution < 1.29 is 9.84 Å². The summed E-state index contributed by atoms with van der Waals surface area (Å²) < 4.78 is 6.29. The van der Waals surface area contributed by atoms with Crippen LogP contribution in [0, 0.1) is 5.41 Å². The fourth-order valence-corrected chi connectivity index (χ4v) is 3.34. The molecule has 0 aliphatic heterocycles. The van der Waals surface area contributed by atoms with E-state index < -0.39 is 5.60 Å². The van der Waals surface area contributed by atoms with E-state index in [-0.39, 0.29) is 5.41 Å². The largest absolute Gasteiger partial charge is 0.497 e. The van der Waals surface area contributed by atoms with Crippen LogP contribution in [0.25, 0.3) is 0 Å². The summed E-state index contributed by atoms with van der Waals surface area (Å²) in [5.41, 5.74) is 0.799. The van der Waals surface area contributed by atoms with Gasteiger partial charge in [-0.15, -0.1) is 0 Å². The number of methoxy groups -OCH3 is 1. The molecule has 1 aliphatic rings. The van der Waals surface area contributed by atoms with Crippen molar-refractivity contribution in [3.63, 3.8) is 0 Å². The topological polar surface area (TPSA) is 29.5 Å². The van der Waals surface area contributed by atoms with E-state index >= 15 is 0 Å². The maximum Gasteiger partial charge on any atom is 0.119 e. The van der Waals surface area contributed by atoms with Gasteiger partial charge in [0.05, 0.1) is 12.7 Å². The summed E-state index contributed by atoms with van der Waals surface area (Å²) in [5, 5.41) is 10.7. The number of benzene rings is 1. The highest BCUT2D eigenvalue weighted by molar-refractivity contribution is 9.10. The molecule has 2 nitrogen and oxygen atoms in total. The zero-order chi connectivity index (χ0) is 13.4. The minimum atomic E-state index is -0.571. The zero-order valence-electron chi connectivity index (χ0n) is 11.3. The molecule has 18 heavy (non-hydrogen) atoms. The molecule has 2 rings (SSSR count). The van der Waals surface area contributed by atoms with Crippen LogP contribution in [0.3, 0.4) is 0 Å². The molecule has 100 valence electrons. The summed E-state index contributed by atoms with van der Waals surface area (Å²) >= 11 is 3.55. The number of ether oxygens (including phenoxy) is 1. The quantitative estimate of drug-likeness (QED) is 0.916. The van der Waals surface area contributed by atoms with E-state index in [1.807, 2.05) is 18.2 Å². The molecule has 0 bridgehead atoms. The number of hydrogen-bond acceptors (Lipinski definition) is 2. The summed E-state index contributed by atoms with van der Waals surface area (Å²) in [4.78, 5) is 0. The SMILES string of the molecule is COc1ccc(Br)c(CC2(O)CCC(C)(C)C2)c1. The fraction of sp³-hybridized carbons (Fsp3) is 0.600. The molecule has 1 unspecified atom stereocenters. The van der Waals surface area contributed by atoms with Crippen molar-refractivity contribution >= 4 is 15.9 Å². The Bertz CT molecular complexity index is 442. The minimum absolute atomic E-state index is 0.250. The number of halogens is 1. The van der Waals surface area contributed by atoms with Crippen molar-refractivity contribution in [1.29, 1.82) is 0 Å². The number of hydrogen-bond donors (Lipinski definition) is 1. The smallest absolute Gasteiger partial charge is 0.119 e. The van der Waals surface area contributed by atoms with Crippen LogP contribution < -0.4 is 4.74 Å². The van der Waals surface area contributed by atoms with Crippen molar-refractivity contribution in [2.45, 2.75) is 45.1 Å². The van der Waals surface area contributed by atoms with Crippen LogP contribution in [0.5, 0.6) is 5.75 Å². The highest BCUT2D eigenvalue weighted by Gasteiger charge is 2.41. The Kier molecular flexibility index (Phi) is 3.75. The van der Waals surface area contributed by atoms with Crippen LogP contribution in [0.15, 0.2) is 22.7 Å². The second kappa shape index (κ2) is 4.86. The average molecular weight is 313 g/mol. The molecule has 1 aliphatic carbocycles. The lowest BCUT2D eigenvalue weighted by Crippen LogP contribution is -2.29. The van der Waals surface area contributed by atoms with Gasteiger partial charge in [0.15, 0.2) is 0 Å². The predicted molar refractivity (Wildman–Crippen MR) is 77.0 cm³/mol. The molecule has 1 fully saturated rings. The predicted octanol–water partition coefficient (Wildman–Crippen LogP) is 3.94. The maximum absolute atomic E-state index is 10.7. The van der Waals surface area contributed by atoms with Gasteiger partial charge in [-0.25, -0.2) is 0 Å². The van der Waals surface area contributed by atoms with Gasteiger partial charge in [0.1, 0.15) is 5.75 Å². The van der Waals surface area contributed by atoms with E-state index in [1.165, 1.54) is 0 Å². The number of aliphatic hydroxyl groups is 1. The Morgan fingerprint density at radius 3 is 2.61 bits per heavy atom. The van der Waals surface area contributed by atoms with Gasteiger partial charge in [-0.05, 0) is 48.4 Å². The van der Waals surface area contributed by atoms with Crippen molar-refractivity contribution in [2.75, 3.05) is 7.11 Å². The lowest BCUT2D eigenvalue weighted by molar-refractivity contribution is 0.0377. The molecule has 1 atom stereocenters. The lowest BCUT2D eigenvalue weighted by atomic mass is 9.86. The van der Waals surface area contributed by atoms with E-state index in [9.17, 15) is 5.11 Å². The van der Waals surface area contributed by atoms with E-state index in [4.69, 9.17) is 4.74 Å². The third-order valence-corrected chi connectivity index (χ3v) is 4.62. The van der Waals surface area contributed by atoms with Crippen molar-refractivity contribution in [2.24, 2.45) is 5.41 Å². The first kappa shape index (κ1) is 13.9. The summed E-state index contributed by atoms with van der Waals surface area (Å²) in [6.45, 7) is 4.46. The van der Waals surface area contributed by atoms with Crippen LogP contribution in [0.1, 0.15) is 38.7 Å². The second-order valence-electron chi connectivity index (χ2n) is 6.20. The molecule has 3 heteroatoms. The third kappa shape index (κ3) is 3.07. The van der Waals surface area contributed by atoms with Crippen LogP contribution in [0.2, 0.25) is 0 Å². The molecule has 1 aromatic carbocycles. The molecule has 0 saturated heterocycles. The molecule has 0 heterocycles. The maximum atomic E-state index is 10.7. The molecular weight excluding hydrogens is 292 g/mol. The average Bonchev–Trinajstić information content (AvgIpc) is 2.56. The summed E-state index contributed by atoms with van der Waals surface area (Å²) in [6, 6.07) is 5.92. The Morgan fingerprint density at radius 2 is 2.06 bits per heavy atom. The van der Waals surface area contributed by atoms with Crippen LogP contribution in [-0.4, -0.2) is 17.8 Å². The Morgan fingerprint density at radius 1 is 1.33 bits per heavy atom. The second-order valence-corrected chi connectivity index (χ2v) is 7.05. The van der Waals surface area contributed by atoms with Gasteiger partial charge < -0.3 is 9.84 Å². The summed E-state index contributed by atoms with van der Waals surface area (Å²) in [7, 11) is 1.67. The van der Waals surface area contributed by atoms with Gasteiger partial charge in [-0.2, -0.15) is 0 Å². The first-order valence-electron chi connectivity index (χ1n) is 6.38. The van der Waals surface area contributed by atoms with E-state index in [0.717, 1.165) is 35.0 Å². The molecule has 0 spiro atoms. The highest BCUT2D eigenvalue weighted by Crippen LogP contribution is 2.45. The van der Waals surface area contributed by atoms with Crippen LogP contribution >= 0.6 is 15.9 Å². The van der Waals surface area contributed by atoms with Crippen LogP contribution in [0.4, 0.5) is 0 Å². The van der Waals surface area contributed by atoms with Crippen molar-refractivity contribution in [3.05, 3.63) is 28.2 Å². The molecular formula is C15H21BrO2. The van der Waals surface area contributed by atoms with E-state index in [0.29, 0.717) is 6.42 Å². The third-order valence-electron chi connectivity index (χ3n) is 3.85. The normalized spacial score (nSPS) is 26.3. The van der Waals surface area contributed by atoms with E-state index in [2.05, 4.69) is 29.8 Å². The van der Waals surface area contributed by atoms with Crippen molar-refractivity contribution in [3.8, 4) is 5.75 Å². The summed E-state index contributed by atoms with van der Waals surface area (Å²) in [5.74, 6) is 0.842. The number of rotatable bonds is 3. The van der Waals surface area contributed by atoms with E-state index in [1.54, 1.807) is 7.11 Å². The fourth-order valence-electron chi connectivity index (χ4n) is 2.96. The highest BCUT2D eigenvalue weighted by atomic mass is 79.9. The van der Waals surface area contributed by atoms with Gasteiger partial charge in [-0.1, -0.05) is 29.8 Å². The van der Waals surface area contributed by atoms with Gasteiger partial charge in [0.2, 0.25) is 0 Å². The van der Waals surface area contributed by atoms with Crippen molar-refractivity contribution in [1.82, 2.24) is 0 Å². The zero-order valence-corrected chi connectivity index (χ0v) is 12.9. The first-order valence-corrected chi connectivity index (χ1v) is 7.18. The van der Waals surface area contributed by atoms with Crippen LogP contribution in [-0.2, 0) is 6.42 Å². The minimum Gasteiger partial charge on any atom is -0.497 e. The van der Waals surface area contributed by atoms with Gasteiger partial charge >= 0.3 is 0 Å². The molecule has 1 aromatic rings. The molecule has 0 amide bonds. The molecule has 1 N–H and O–H groups in total. The Hall–Kier alpha value is -0.540. The van der Waals surface area contributed by atoms with Gasteiger partial charge in [0, 0.05) is 10.9 Å². The lowest BCUT2D eigenvalue weighted by Gasteiger charge is -2.26. The monoisotopic (exact) mass is 312 g/mol. The summed E-state index contributed by atoms with van der Waals surface area (Å²) in [6.07, 6.45) is 3.52. The molecule has 0 aromatic heterocycles. The Labute approximate surface area is 117 Å².